The molecule has 1 N–H and O–H groups in total. The summed E-state index contributed by atoms with van der Waals surface area (Å²) in [5.41, 5.74) is -0.626. The summed E-state index contributed by atoms with van der Waals surface area (Å²) >= 11 is 0. The van der Waals surface area contributed by atoms with Gasteiger partial charge < -0.3 is 14.6 Å². The van der Waals surface area contributed by atoms with Crippen LogP contribution >= 0.6 is 0 Å². The Kier molecular flexibility index (Phi) is 7.94. The topological polar surface area (TPSA) is 72.8 Å². The van der Waals surface area contributed by atoms with Crippen LogP contribution in [0.1, 0.15) is 84.0 Å². The van der Waals surface area contributed by atoms with Crippen molar-refractivity contribution in [3.05, 3.63) is 11.6 Å². The number of hydrogen-bond acceptors (Lipinski definition) is 5. The Morgan fingerprint density at radius 3 is 2.28 bits per heavy atom. The molecule has 2 aliphatic rings. The SMILES string of the molecule is CCCCCCCCCCC/C=C1/C(=O)O[C@@H](CO)[C@@]12CCC(=O)O2. The van der Waals surface area contributed by atoms with Gasteiger partial charge in [-0.15, -0.1) is 0 Å². The monoisotopic (exact) mass is 352 g/mol. The fourth-order valence-electron chi connectivity index (χ4n) is 3.79. The highest BCUT2D eigenvalue weighted by atomic mass is 16.6. The minimum absolute atomic E-state index is 0.266. The number of ether oxygens (including phenoxy) is 2. The van der Waals surface area contributed by atoms with Gasteiger partial charge in [-0.25, -0.2) is 4.79 Å². The Morgan fingerprint density at radius 1 is 1.08 bits per heavy atom. The Bertz CT molecular complexity index is 484. The number of aliphatic hydroxyl groups is 1. The van der Waals surface area contributed by atoms with Crippen LogP contribution in [0.25, 0.3) is 0 Å². The lowest BCUT2D eigenvalue weighted by Gasteiger charge is -2.26. The lowest BCUT2D eigenvalue weighted by atomic mass is 9.87. The molecule has 1 spiro atoms. The zero-order chi connectivity index (χ0) is 18.1. The molecule has 0 amide bonds. The molecule has 2 fully saturated rings. The van der Waals surface area contributed by atoms with Gasteiger partial charge in [0.1, 0.15) is 0 Å². The lowest BCUT2D eigenvalue weighted by molar-refractivity contribution is -0.156. The van der Waals surface area contributed by atoms with Crippen LogP contribution in [0, 0.1) is 0 Å². The molecule has 5 heteroatoms. The van der Waals surface area contributed by atoms with Crippen molar-refractivity contribution in [2.24, 2.45) is 0 Å². The largest absolute Gasteiger partial charge is 0.452 e. The van der Waals surface area contributed by atoms with E-state index in [1.165, 1.54) is 44.9 Å². The van der Waals surface area contributed by atoms with Crippen molar-refractivity contribution in [1.82, 2.24) is 0 Å². The molecule has 0 bridgehead atoms. The zero-order valence-corrected chi connectivity index (χ0v) is 15.4. The number of carbonyl (C=O) groups is 2. The minimum atomic E-state index is -1.05. The molecule has 0 aromatic heterocycles. The van der Waals surface area contributed by atoms with Crippen molar-refractivity contribution >= 4 is 11.9 Å². The number of unbranched alkanes of at least 4 members (excludes halogenated alkanes) is 9. The van der Waals surface area contributed by atoms with E-state index < -0.39 is 17.7 Å². The molecule has 0 saturated carbocycles. The van der Waals surface area contributed by atoms with E-state index in [4.69, 9.17) is 9.47 Å². The van der Waals surface area contributed by atoms with Crippen molar-refractivity contribution in [3.8, 4) is 0 Å². The maximum Gasteiger partial charge on any atom is 0.338 e. The second-order valence-corrected chi connectivity index (χ2v) is 7.17. The standard InChI is InChI=1S/C20H32O5/c1-2-3-4-5-6-7-8-9-10-11-12-16-19(23)24-17(15-21)20(16)14-13-18(22)25-20/h12,17,21H,2-11,13-15H2,1H3/b16-12-/t17-,20+/m0/s1. The number of aliphatic hydroxyl groups excluding tert-OH is 1. The van der Waals surface area contributed by atoms with Crippen LogP contribution in [0.15, 0.2) is 11.6 Å². The Balaban J connectivity index is 1.74. The second-order valence-electron chi connectivity index (χ2n) is 7.17. The Morgan fingerprint density at radius 2 is 1.72 bits per heavy atom. The molecule has 2 saturated heterocycles. The summed E-state index contributed by atoms with van der Waals surface area (Å²) in [5, 5.41) is 9.46. The van der Waals surface area contributed by atoms with Gasteiger partial charge in [-0.3, -0.25) is 4.79 Å². The Labute approximate surface area is 150 Å². The first-order chi connectivity index (χ1) is 12.1. The van der Waals surface area contributed by atoms with Gasteiger partial charge in [-0.2, -0.15) is 0 Å². The van der Waals surface area contributed by atoms with Crippen molar-refractivity contribution in [2.75, 3.05) is 6.61 Å². The highest BCUT2D eigenvalue weighted by Gasteiger charge is 2.58. The molecule has 2 aliphatic heterocycles. The van der Waals surface area contributed by atoms with Gasteiger partial charge in [0.2, 0.25) is 0 Å². The average Bonchev–Trinajstić information content (AvgIpc) is 3.11. The van der Waals surface area contributed by atoms with Crippen molar-refractivity contribution in [3.63, 3.8) is 0 Å². The summed E-state index contributed by atoms with van der Waals surface area (Å²) in [4.78, 5) is 23.7. The molecular weight excluding hydrogens is 320 g/mol. The smallest absolute Gasteiger partial charge is 0.338 e. The van der Waals surface area contributed by atoms with Gasteiger partial charge in [-0.1, -0.05) is 64.4 Å². The third kappa shape index (κ3) is 5.06. The van der Waals surface area contributed by atoms with Crippen molar-refractivity contribution in [2.45, 2.75) is 95.7 Å². The quantitative estimate of drug-likeness (QED) is 0.348. The number of allylic oxidation sites excluding steroid dienone is 1. The lowest BCUT2D eigenvalue weighted by Crippen LogP contribution is -2.41. The summed E-state index contributed by atoms with van der Waals surface area (Å²) < 4.78 is 10.6. The highest BCUT2D eigenvalue weighted by Crippen LogP contribution is 2.43. The number of rotatable bonds is 11. The maximum atomic E-state index is 12.1. The van der Waals surface area contributed by atoms with E-state index in [0.717, 1.165) is 19.3 Å². The molecule has 0 aromatic carbocycles. The van der Waals surface area contributed by atoms with E-state index in [1.807, 2.05) is 6.08 Å². The van der Waals surface area contributed by atoms with Crippen molar-refractivity contribution < 1.29 is 24.2 Å². The molecule has 0 radical (unpaired) electrons. The van der Waals surface area contributed by atoms with E-state index in [0.29, 0.717) is 12.0 Å². The molecule has 2 rings (SSSR count). The predicted octanol–water partition coefficient (Wildman–Crippen LogP) is 3.83. The zero-order valence-electron chi connectivity index (χ0n) is 15.4. The number of hydrogen-bond donors (Lipinski definition) is 1. The molecular formula is C20H32O5. The van der Waals surface area contributed by atoms with Gasteiger partial charge in [0, 0.05) is 12.8 Å². The first-order valence-electron chi connectivity index (χ1n) is 9.88. The molecule has 142 valence electrons. The van der Waals surface area contributed by atoms with Crippen LogP contribution in [0.4, 0.5) is 0 Å². The van der Waals surface area contributed by atoms with Crippen LogP contribution in [0.2, 0.25) is 0 Å². The fourth-order valence-corrected chi connectivity index (χ4v) is 3.79. The van der Waals surface area contributed by atoms with E-state index in [1.54, 1.807) is 0 Å². The van der Waals surface area contributed by atoms with Crippen molar-refractivity contribution in [1.29, 1.82) is 0 Å². The summed E-state index contributed by atoms with van der Waals surface area (Å²) in [6.45, 7) is 1.91. The van der Waals surface area contributed by atoms with Crippen LogP contribution in [-0.2, 0) is 19.1 Å². The molecule has 2 atom stereocenters. The van der Waals surface area contributed by atoms with Crippen LogP contribution in [0.3, 0.4) is 0 Å². The average molecular weight is 352 g/mol. The summed E-state index contributed by atoms with van der Waals surface area (Å²) in [6, 6.07) is 0. The summed E-state index contributed by atoms with van der Waals surface area (Å²) in [6.07, 6.45) is 13.8. The van der Waals surface area contributed by atoms with Gasteiger partial charge in [0.15, 0.2) is 11.7 Å². The second kappa shape index (κ2) is 9.95. The molecule has 25 heavy (non-hydrogen) atoms. The molecule has 5 nitrogen and oxygen atoms in total. The molecule has 0 aromatic rings. The summed E-state index contributed by atoms with van der Waals surface area (Å²) in [5.74, 6) is -0.782. The van der Waals surface area contributed by atoms with Crippen LogP contribution in [0.5, 0.6) is 0 Å². The summed E-state index contributed by atoms with van der Waals surface area (Å²) in [7, 11) is 0. The number of carbonyl (C=O) groups excluding carboxylic acids is 2. The van der Waals surface area contributed by atoms with Gasteiger partial charge in [0.25, 0.3) is 0 Å². The molecule has 0 aliphatic carbocycles. The first-order valence-corrected chi connectivity index (χ1v) is 9.88. The third-order valence-corrected chi connectivity index (χ3v) is 5.26. The maximum absolute atomic E-state index is 12.1. The third-order valence-electron chi connectivity index (χ3n) is 5.26. The van der Waals surface area contributed by atoms with Crippen LogP contribution < -0.4 is 0 Å². The van der Waals surface area contributed by atoms with E-state index >= 15 is 0 Å². The normalized spacial score (nSPS) is 27.3. The highest BCUT2D eigenvalue weighted by molar-refractivity contribution is 5.95. The van der Waals surface area contributed by atoms with E-state index in [-0.39, 0.29) is 19.0 Å². The predicted molar refractivity (Wildman–Crippen MR) is 94.9 cm³/mol. The fraction of sp³-hybridized carbons (Fsp3) is 0.800. The van der Waals surface area contributed by atoms with Crippen LogP contribution in [-0.4, -0.2) is 35.4 Å². The van der Waals surface area contributed by atoms with Gasteiger partial charge in [-0.05, 0) is 12.8 Å². The molecule has 0 unspecified atom stereocenters. The van der Waals surface area contributed by atoms with Gasteiger partial charge in [0.05, 0.1) is 12.2 Å². The first kappa shape index (κ1) is 20.0. The van der Waals surface area contributed by atoms with E-state index in [2.05, 4.69) is 6.92 Å². The van der Waals surface area contributed by atoms with Gasteiger partial charge >= 0.3 is 11.9 Å². The number of esters is 2. The Hall–Kier alpha value is -1.36. The van der Waals surface area contributed by atoms with E-state index in [9.17, 15) is 14.7 Å². The number of cyclic esters (lactones) is 1. The molecule has 2 heterocycles. The minimum Gasteiger partial charge on any atom is -0.452 e.